The van der Waals surface area contributed by atoms with Crippen LogP contribution < -0.4 is 0 Å². The summed E-state index contributed by atoms with van der Waals surface area (Å²) in [5, 5.41) is 4.35. The Hall–Kier alpha value is -2.74. The van der Waals surface area contributed by atoms with Crippen molar-refractivity contribution < 1.29 is 14.3 Å². The Labute approximate surface area is 164 Å². The molecule has 2 aliphatic heterocycles. The van der Waals surface area contributed by atoms with E-state index in [0.29, 0.717) is 50.8 Å². The quantitative estimate of drug-likeness (QED) is 0.798. The number of pyridine rings is 1. The number of ether oxygens (including phenoxy) is 1. The Morgan fingerprint density at radius 3 is 2.71 bits per heavy atom. The molecule has 2 aromatic heterocycles. The average molecular weight is 383 g/mol. The van der Waals surface area contributed by atoms with Gasteiger partial charge in [-0.3, -0.25) is 9.59 Å². The summed E-state index contributed by atoms with van der Waals surface area (Å²) < 4.78 is 7.02. The standard InChI is InChI=1S/C20H25N5O3/c1-15-17(13-22-25(15)18-5-2-3-7-21-18)20(27)24-9-4-8-23(10-11-24)19(26)16-6-12-28-14-16/h2-3,5,7,13,16H,4,6,8-12,14H2,1H3. The predicted octanol–water partition coefficient (Wildman–Crippen LogP) is 1.29. The minimum Gasteiger partial charge on any atom is -0.381 e. The van der Waals surface area contributed by atoms with E-state index in [1.165, 1.54) is 0 Å². The summed E-state index contributed by atoms with van der Waals surface area (Å²) in [4.78, 5) is 33.7. The van der Waals surface area contributed by atoms with Gasteiger partial charge in [-0.2, -0.15) is 5.10 Å². The first-order valence-electron chi connectivity index (χ1n) is 9.77. The number of rotatable bonds is 3. The highest BCUT2D eigenvalue weighted by Crippen LogP contribution is 2.19. The third kappa shape index (κ3) is 3.64. The van der Waals surface area contributed by atoms with Crippen molar-refractivity contribution in [1.29, 1.82) is 0 Å². The zero-order valence-electron chi connectivity index (χ0n) is 16.1. The molecule has 2 aliphatic rings. The Balaban J connectivity index is 1.44. The van der Waals surface area contributed by atoms with Gasteiger partial charge in [0.05, 0.1) is 30.0 Å². The number of aromatic nitrogens is 3. The van der Waals surface area contributed by atoms with Crippen molar-refractivity contribution in [3.63, 3.8) is 0 Å². The molecule has 0 saturated carbocycles. The molecule has 2 amide bonds. The van der Waals surface area contributed by atoms with Gasteiger partial charge in [0.25, 0.3) is 5.91 Å². The van der Waals surface area contributed by atoms with Gasteiger partial charge in [0, 0.05) is 39.0 Å². The Bertz CT molecular complexity index is 845. The minimum absolute atomic E-state index is 0.0268. The molecule has 8 heteroatoms. The molecular weight excluding hydrogens is 358 g/mol. The third-order valence-electron chi connectivity index (χ3n) is 5.48. The van der Waals surface area contributed by atoms with Gasteiger partial charge in [0.1, 0.15) is 0 Å². The molecule has 4 rings (SSSR count). The van der Waals surface area contributed by atoms with Gasteiger partial charge in [0.15, 0.2) is 5.82 Å². The maximum absolute atomic E-state index is 13.1. The van der Waals surface area contributed by atoms with Crippen LogP contribution in [-0.2, 0) is 9.53 Å². The number of hydrogen-bond acceptors (Lipinski definition) is 5. The molecule has 0 bridgehead atoms. The van der Waals surface area contributed by atoms with Gasteiger partial charge in [-0.25, -0.2) is 9.67 Å². The molecule has 0 N–H and O–H groups in total. The summed E-state index contributed by atoms with van der Waals surface area (Å²) in [6, 6.07) is 5.59. The van der Waals surface area contributed by atoms with Crippen molar-refractivity contribution in [2.24, 2.45) is 5.92 Å². The molecule has 1 atom stereocenters. The maximum atomic E-state index is 13.1. The van der Waals surface area contributed by atoms with Gasteiger partial charge < -0.3 is 14.5 Å². The summed E-state index contributed by atoms with van der Waals surface area (Å²) in [7, 11) is 0. The number of hydrogen-bond donors (Lipinski definition) is 0. The molecular formula is C20H25N5O3. The third-order valence-corrected chi connectivity index (χ3v) is 5.48. The molecule has 2 aromatic rings. The Morgan fingerprint density at radius 2 is 1.96 bits per heavy atom. The zero-order chi connectivity index (χ0) is 19.5. The van der Waals surface area contributed by atoms with Crippen molar-refractivity contribution in [2.75, 3.05) is 39.4 Å². The summed E-state index contributed by atoms with van der Waals surface area (Å²) in [5.41, 5.74) is 1.35. The van der Waals surface area contributed by atoms with Crippen molar-refractivity contribution in [3.8, 4) is 5.82 Å². The predicted molar refractivity (Wildman–Crippen MR) is 102 cm³/mol. The zero-order valence-corrected chi connectivity index (χ0v) is 16.1. The van der Waals surface area contributed by atoms with E-state index in [4.69, 9.17) is 4.74 Å². The summed E-state index contributed by atoms with van der Waals surface area (Å²) in [6.07, 6.45) is 4.88. The summed E-state index contributed by atoms with van der Waals surface area (Å²) >= 11 is 0. The number of nitrogens with zero attached hydrogens (tertiary/aromatic N) is 5. The van der Waals surface area contributed by atoms with Crippen LogP contribution in [-0.4, -0.2) is 75.8 Å². The molecule has 2 saturated heterocycles. The lowest BCUT2D eigenvalue weighted by Crippen LogP contribution is -2.40. The fourth-order valence-electron chi connectivity index (χ4n) is 3.83. The summed E-state index contributed by atoms with van der Waals surface area (Å²) in [6.45, 7) is 5.48. The van der Waals surface area contributed by atoms with E-state index < -0.39 is 0 Å². The normalized spacial score (nSPS) is 20.2. The van der Waals surface area contributed by atoms with Crippen LogP contribution in [0.4, 0.5) is 0 Å². The number of amides is 2. The first-order chi connectivity index (χ1) is 13.6. The molecule has 2 fully saturated rings. The van der Waals surface area contributed by atoms with Crippen LogP contribution >= 0.6 is 0 Å². The maximum Gasteiger partial charge on any atom is 0.257 e. The van der Waals surface area contributed by atoms with Crippen LogP contribution in [0.25, 0.3) is 5.82 Å². The van der Waals surface area contributed by atoms with E-state index in [1.54, 1.807) is 17.1 Å². The average Bonchev–Trinajstić information content (AvgIpc) is 3.32. The molecule has 0 spiro atoms. The highest BCUT2D eigenvalue weighted by atomic mass is 16.5. The Kier molecular flexibility index (Phi) is 5.38. The van der Waals surface area contributed by atoms with Crippen molar-refractivity contribution >= 4 is 11.8 Å². The van der Waals surface area contributed by atoms with Crippen molar-refractivity contribution in [1.82, 2.24) is 24.6 Å². The molecule has 1 unspecified atom stereocenters. The van der Waals surface area contributed by atoms with Gasteiger partial charge in [-0.05, 0) is 31.9 Å². The van der Waals surface area contributed by atoms with E-state index in [-0.39, 0.29) is 17.7 Å². The lowest BCUT2D eigenvalue weighted by atomic mass is 10.1. The van der Waals surface area contributed by atoms with Crippen LogP contribution in [0.1, 0.15) is 28.9 Å². The SMILES string of the molecule is Cc1c(C(=O)N2CCCN(C(=O)C3CCOC3)CC2)cnn1-c1ccccn1. The van der Waals surface area contributed by atoms with Crippen molar-refractivity contribution in [2.45, 2.75) is 19.8 Å². The molecule has 8 nitrogen and oxygen atoms in total. The fourth-order valence-corrected chi connectivity index (χ4v) is 3.83. The summed E-state index contributed by atoms with van der Waals surface area (Å²) in [5.74, 6) is 0.774. The van der Waals surface area contributed by atoms with Crippen LogP contribution in [0.2, 0.25) is 0 Å². The van der Waals surface area contributed by atoms with E-state index in [1.807, 2.05) is 34.9 Å². The molecule has 0 radical (unpaired) electrons. The second-order valence-corrected chi connectivity index (χ2v) is 7.27. The number of carbonyl (C=O) groups is 2. The first kappa shape index (κ1) is 18.6. The minimum atomic E-state index is -0.0434. The van der Waals surface area contributed by atoms with Crippen molar-refractivity contribution in [3.05, 3.63) is 41.9 Å². The van der Waals surface area contributed by atoms with Gasteiger partial charge >= 0.3 is 0 Å². The smallest absolute Gasteiger partial charge is 0.257 e. The van der Waals surface area contributed by atoms with E-state index in [0.717, 1.165) is 18.5 Å². The second-order valence-electron chi connectivity index (χ2n) is 7.27. The number of carbonyl (C=O) groups excluding carboxylic acids is 2. The monoisotopic (exact) mass is 383 g/mol. The van der Waals surface area contributed by atoms with E-state index in [2.05, 4.69) is 10.1 Å². The lowest BCUT2D eigenvalue weighted by Gasteiger charge is -2.24. The van der Waals surface area contributed by atoms with Gasteiger partial charge in [-0.15, -0.1) is 0 Å². The van der Waals surface area contributed by atoms with Crippen LogP contribution in [0.3, 0.4) is 0 Å². The van der Waals surface area contributed by atoms with Crippen LogP contribution in [0.5, 0.6) is 0 Å². The first-order valence-corrected chi connectivity index (χ1v) is 9.77. The van der Waals surface area contributed by atoms with Gasteiger partial charge in [-0.1, -0.05) is 6.07 Å². The molecule has 0 aliphatic carbocycles. The highest BCUT2D eigenvalue weighted by molar-refractivity contribution is 5.95. The van der Waals surface area contributed by atoms with Crippen LogP contribution in [0.15, 0.2) is 30.6 Å². The molecule has 148 valence electrons. The molecule has 4 heterocycles. The molecule has 28 heavy (non-hydrogen) atoms. The molecule has 0 aromatic carbocycles. The van der Waals surface area contributed by atoms with E-state index in [9.17, 15) is 9.59 Å². The van der Waals surface area contributed by atoms with Gasteiger partial charge in [0.2, 0.25) is 5.91 Å². The topological polar surface area (TPSA) is 80.6 Å². The van der Waals surface area contributed by atoms with Crippen LogP contribution in [0, 0.1) is 12.8 Å². The second kappa shape index (κ2) is 8.10. The highest BCUT2D eigenvalue weighted by Gasteiger charge is 2.30. The largest absolute Gasteiger partial charge is 0.381 e. The van der Waals surface area contributed by atoms with E-state index >= 15 is 0 Å². The Morgan fingerprint density at radius 1 is 1.14 bits per heavy atom. The lowest BCUT2D eigenvalue weighted by molar-refractivity contribution is -0.135. The fraction of sp³-hybridized carbons (Fsp3) is 0.500.